The second kappa shape index (κ2) is 6.45. The molecule has 0 aromatic heterocycles. The fourth-order valence-corrected chi connectivity index (χ4v) is 2.40. The zero-order valence-electron chi connectivity index (χ0n) is 12.0. The van der Waals surface area contributed by atoms with E-state index in [0.717, 1.165) is 12.1 Å². The number of hydrogen-bond donors (Lipinski definition) is 0. The minimum Gasteiger partial charge on any atom is -0.369 e. The highest BCUT2D eigenvalue weighted by Gasteiger charge is 2.29. The van der Waals surface area contributed by atoms with Crippen LogP contribution >= 0.6 is 11.6 Å². The molecule has 0 aliphatic heterocycles. The summed E-state index contributed by atoms with van der Waals surface area (Å²) in [6.45, 7) is 0.315. The lowest BCUT2D eigenvalue weighted by molar-refractivity contribution is -0.384. The van der Waals surface area contributed by atoms with E-state index in [4.69, 9.17) is 11.6 Å². The summed E-state index contributed by atoms with van der Waals surface area (Å²) in [5.41, 5.74) is 0.381. The topological polar surface area (TPSA) is 46.4 Å². The quantitative estimate of drug-likeness (QED) is 0.585. The Bertz CT molecular complexity index is 718. The van der Waals surface area contributed by atoms with Gasteiger partial charge in [-0.15, -0.1) is 0 Å². The van der Waals surface area contributed by atoms with Gasteiger partial charge in [0.2, 0.25) is 0 Å². The van der Waals surface area contributed by atoms with E-state index in [9.17, 15) is 23.3 Å². The van der Waals surface area contributed by atoms with Crippen LogP contribution in [0.4, 0.5) is 24.5 Å². The van der Waals surface area contributed by atoms with Gasteiger partial charge in [-0.2, -0.15) is 13.2 Å². The molecule has 0 spiro atoms. The van der Waals surface area contributed by atoms with E-state index in [2.05, 4.69) is 0 Å². The number of nitro benzene ring substituents is 1. The van der Waals surface area contributed by atoms with Crippen LogP contribution in [0.25, 0.3) is 0 Å². The lowest BCUT2D eigenvalue weighted by atomic mass is 10.1. The van der Waals surface area contributed by atoms with Crippen molar-refractivity contribution in [2.75, 3.05) is 11.9 Å². The molecule has 122 valence electrons. The summed E-state index contributed by atoms with van der Waals surface area (Å²) in [5.74, 6) is 0. The summed E-state index contributed by atoms with van der Waals surface area (Å²) < 4.78 is 37.6. The molecule has 0 atom stereocenters. The third-order valence-corrected chi connectivity index (χ3v) is 3.56. The Labute approximate surface area is 135 Å². The average Bonchev–Trinajstić information content (AvgIpc) is 2.46. The van der Waals surface area contributed by atoms with Crippen molar-refractivity contribution < 1.29 is 18.1 Å². The van der Waals surface area contributed by atoms with Crippen LogP contribution in [0.5, 0.6) is 0 Å². The first-order valence-electron chi connectivity index (χ1n) is 6.49. The highest BCUT2D eigenvalue weighted by molar-refractivity contribution is 6.33. The van der Waals surface area contributed by atoms with Crippen LogP contribution < -0.4 is 4.90 Å². The molecule has 0 saturated carbocycles. The first-order chi connectivity index (χ1) is 10.7. The van der Waals surface area contributed by atoms with Gasteiger partial charge in [0.15, 0.2) is 0 Å². The number of alkyl halides is 3. The van der Waals surface area contributed by atoms with Crippen LogP contribution in [-0.4, -0.2) is 12.0 Å². The van der Waals surface area contributed by atoms with Crippen molar-refractivity contribution in [1.82, 2.24) is 0 Å². The average molecular weight is 345 g/mol. The minimum absolute atomic E-state index is 0.123. The van der Waals surface area contributed by atoms with Crippen LogP contribution in [0.2, 0.25) is 5.02 Å². The van der Waals surface area contributed by atoms with Gasteiger partial charge < -0.3 is 4.90 Å². The molecule has 8 heteroatoms. The molecule has 0 fully saturated rings. The summed E-state index contributed by atoms with van der Waals surface area (Å²) >= 11 is 6.02. The number of non-ortho nitro benzene ring substituents is 1. The molecule has 0 bridgehead atoms. The molecule has 0 aliphatic rings. The van der Waals surface area contributed by atoms with E-state index in [0.29, 0.717) is 17.8 Å². The molecule has 0 radical (unpaired) electrons. The predicted octanol–water partition coefficient (Wildman–Crippen LogP) is 4.90. The van der Waals surface area contributed by atoms with Crippen molar-refractivity contribution in [3.63, 3.8) is 0 Å². The van der Waals surface area contributed by atoms with Gasteiger partial charge in [0.1, 0.15) is 0 Å². The van der Waals surface area contributed by atoms with E-state index in [1.165, 1.54) is 30.3 Å². The maximum Gasteiger partial charge on any atom is 0.416 e. The van der Waals surface area contributed by atoms with Crippen molar-refractivity contribution in [3.8, 4) is 0 Å². The monoisotopic (exact) mass is 344 g/mol. The molecule has 23 heavy (non-hydrogen) atoms. The second-order valence-corrected chi connectivity index (χ2v) is 5.35. The summed E-state index contributed by atoms with van der Waals surface area (Å²) in [4.78, 5) is 11.8. The first kappa shape index (κ1) is 17.1. The van der Waals surface area contributed by atoms with Crippen molar-refractivity contribution in [3.05, 3.63) is 68.7 Å². The lowest BCUT2D eigenvalue weighted by Crippen LogP contribution is -2.17. The summed E-state index contributed by atoms with van der Waals surface area (Å²) in [6.07, 6.45) is -4.37. The SMILES string of the molecule is CN(Cc1ccc(C(F)(F)F)cc1)c1ccc([N+](=O)[O-])cc1Cl. The van der Waals surface area contributed by atoms with Gasteiger partial charge in [0.05, 0.1) is 21.2 Å². The maximum atomic E-state index is 12.5. The molecule has 0 heterocycles. The van der Waals surface area contributed by atoms with Gasteiger partial charge in [0.25, 0.3) is 5.69 Å². The summed E-state index contributed by atoms with van der Waals surface area (Å²) in [7, 11) is 1.70. The van der Waals surface area contributed by atoms with Crippen molar-refractivity contribution in [2.24, 2.45) is 0 Å². The van der Waals surface area contributed by atoms with Crippen LogP contribution in [0.1, 0.15) is 11.1 Å². The van der Waals surface area contributed by atoms with Crippen LogP contribution in [0.3, 0.4) is 0 Å². The fraction of sp³-hybridized carbons (Fsp3) is 0.200. The minimum atomic E-state index is -4.37. The molecule has 0 saturated heterocycles. The largest absolute Gasteiger partial charge is 0.416 e. The van der Waals surface area contributed by atoms with Gasteiger partial charge in [-0.25, -0.2) is 0 Å². The van der Waals surface area contributed by atoms with Gasteiger partial charge in [-0.3, -0.25) is 10.1 Å². The number of hydrogen-bond acceptors (Lipinski definition) is 3. The van der Waals surface area contributed by atoms with Gasteiger partial charge in [-0.1, -0.05) is 23.7 Å². The first-order valence-corrected chi connectivity index (χ1v) is 6.87. The fourth-order valence-electron chi connectivity index (χ4n) is 2.08. The number of nitro groups is 1. The Hall–Kier alpha value is -2.28. The molecule has 4 nitrogen and oxygen atoms in total. The zero-order valence-corrected chi connectivity index (χ0v) is 12.7. The highest BCUT2D eigenvalue weighted by atomic mass is 35.5. The molecule has 0 N–H and O–H groups in total. The van der Waals surface area contributed by atoms with E-state index in [1.54, 1.807) is 11.9 Å². The zero-order chi connectivity index (χ0) is 17.2. The van der Waals surface area contributed by atoms with E-state index < -0.39 is 16.7 Å². The molecule has 0 amide bonds. The molecule has 2 aromatic rings. The number of halogens is 4. The normalized spacial score (nSPS) is 11.3. The van der Waals surface area contributed by atoms with Crippen molar-refractivity contribution >= 4 is 23.0 Å². The molecule has 0 aliphatic carbocycles. The van der Waals surface area contributed by atoms with E-state index in [-0.39, 0.29) is 10.7 Å². The molecule has 0 unspecified atom stereocenters. The molecular formula is C15H12ClF3N2O2. The Morgan fingerprint density at radius 2 is 1.78 bits per heavy atom. The van der Waals surface area contributed by atoms with Gasteiger partial charge in [-0.05, 0) is 23.8 Å². The molecular weight excluding hydrogens is 333 g/mol. The second-order valence-electron chi connectivity index (χ2n) is 4.94. The van der Waals surface area contributed by atoms with Crippen LogP contribution in [0.15, 0.2) is 42.5 Å². The summed E-state index contributed by atoms with van der Waals surface area (Å²) in [5, 5.41) is 10.9. The summed E-state index contributed by atoms with van der Waals surface area (Å²) in [6, 6.07) is 8.87. The molecule has 2 rings (SSSR count). The Morgan fingerprint density at radius 1 is 1.17 bits per heavy atom. The van der Waals surface area contributed by atoms with E-state index in [1.807, 2.05) is 0 Å². The smallest absolute Gasteiger partial charge is 0.369 e. The number of anilines is 1. The Balaban J connectivity index is 2.16. The van der Waals surface area contributed by atoms with Crippen molar-refractivity contribution in [2.45, 2.75) is 12.7 Å². The third-order valence-electron chi connectivity index (χ3n) is 3.25. The van der Waals surface area contributed by atoms with Crippen LogP contribution in [0, 0.1) is 10.1 Å². The third kappa shape index (κ3) is 4.13. The highest BCUT2D eigenvalue weighted by Crippen LogP contribution is 2.31. The standard InChI is InChI=1S/C15H12ClF3N2O2/c1-20(14-7-6-12(21(22)23)8-13(14)16)9-10-2-4-11(5-3-10)15(17,18)19/h2-8H,9H2,1H3. The number of nitrogens with zero attached hydrogens (tertiary/aromatic N) is 2. The number of rotatable bonds is 4. The molecule has 2 aromatic carbocycles. The predicted molar refractivity (Wildman–Crippen MR) is 81.7 cm³/mol. The van der Waals surface area contributed by atoms with Crippen LogP contribution in [-0.2, 0) is 12.7 Å². The Morgan fingerprint density at radius 3 is 2.26 bits per heavy atom. The van der Waals surface area contributed by atoms with E-state index >= 15 is 0 Å². The Kier molecular flexibility index (Phi) is 4.79. The number of benzene rings is 2. The lowest BCUT2D eigenvalue weighted by Gasteiger charge is -2.20. The van der Waals surface area contributed by atoms with Gasteiger partial charge in [0, 0.05) is 25.7 Å². The maximum absolute atomic E-state index is 12.5. The van der Waals surface area contributed by atoms with Crippen molar-refractivity contribution in [1.29, 1.82) is 0 Å². The van der Waals surface area contributed by atoms with Gasteiger partial charge >= 0.3 is 6.18 Å².